The molecule has 7 nitrogen and oxygen atoms in total. The Labute approximate surface area is 174 Å². The third kappa shape index (κ3) is 5.13. The molecule has 1 aromatic heterocycles. The topological polar surface area (TPSA) is 78.0 Å². The van der Waals surface area contributed by atoms with Gasteiger partial charge in [-0.1, -0.05) is 13.8 Å². The molecule has 0 spiro atoms. The lowest BCUT2D eigenvalue weighted by Gasteiger charge is -2.32. The summed E-state index contributed by atoms with van der Waals surface area (Å²) in [6.45, 7) is 6.39. The second-order valence-corrected chi connectivity index (χ2v) is 8.26. The van der Waals surface area contributed by atoms with E-state index in [1.165, 1.54) is 4.90 Å². The van der Waals surface area contributed by atoms with Crippen molar-refractivity contribution in [1.29, 1.82) is 0 Å². The van der Waals surface area contributed by atoms with Gasteiger partial charge < -0.3 is 14.2 Å². The molecule has 0 radical (unpaired) electrons. The van der Waals surface area contributed by atoms with Crippen LogP contribution in [0.5, 0.6) is 5.75 Å². The molecule has 1 aliphatic rings. The fraction of sp³-hybridized carbons (Fsp3) is 0.476. The SMILES string of the molecule is COCCc1nc(-c2ccc3c(c2)N(CC(=O)OCC(C)C)C(=O)C(C)O3)cs1. The van der Waals surface area contributed by atoms with Gasteiger partial charge in [0.25, 0.3) is 5.91 Å². The van der Waals surface area contributed by atoms with Crippen LogP contribution < -0.4 is 9.64 Å². The fourth-order valence-corrected chi connectivity index (χ4v) is 3.70. The molecule has 0 bridgehead atoms. The first kappa shape index (κ1) is 21.3. The van der Waals surface area contributed by atoms with Crippen LogP contribution in [0.2, 0.25) is 0 Å². The smallest absolute Gasteiger partial charge is 0.326 e. The van der Waals surface area contributed by atoms with Gasteiger partial charge in [0.1, 0.15) is 12.3 Å². The Bertz CT molecular complexity index is 880. The summed E-state index contributed by atoms with van der Waals surface area (Å²) in [4.78, 5) is 31.0. The van der Waals surface area contributed by atoms with Crippen molar-refractivity contribution in [1.82, 2.24) is 4.98 Å². The zero-order chi connectivity index (χ0) is 21.0. The Hall–Kier alpha value is -2.45. The molecule has 1 aliphatic heterocycles. The van der Waals surface area contributed by atoms with Gasteiger partial charge in [0, 0.05) is 24.5 Å². The summed E-state index contributed by atoms with van der Waals surface area (Å²) >= 11 is 1.57. The Morgan fingerprint density at radius 1 is 1.38 bits per heavy atom. The highest BCUT2D eigenvalue weighted by Gasteiger charge is 2.33. The lowest BCUT2D eigenvalue weighted by atomic mass is 10.1. The van der Waals surface area contributed by atoms with Crippen molar-refractivity contribution in [3.05, 3.63) is 28.6 Å². The lowest BCUT2D eigenvalue weighted by Crippen LogP contribution is -2.47. The number of hydrogen-bond acceptors (Lipinski definition) is 7. The van der Waals surface area contributed by atoms with Crippen molar-refractivity contribution in [2.45, 2.75) is 33.3 Å². The predicted molar refractivity (Wildman–Crippen MR) is 111 cm³/mol. The highest BCUT2D eigenvalue weighted by atomic mass is 32.1. The van der Waals surface area contributed by atoms with E-state index in [0.29, 0.717) is 24.7 Å². The molecule has 1 atom stereocenters. The molecule has 2 heterocycles. The number of esters is 1. The van der Waals surface area contributed by atoms with E-state index in [1.807, 2.05) is 37.4 Å². The van der Waals surface area contributed by atoms with E-state index in [-0.39, 0.29) is 18.4 Å². The predicted octanol–water partition coefficient (Wildman–Crippen LogP) is 3.31. The minimum atomic E-state index is -0.661. The fourth-order valence-electron chi connectivity index (χ4n) is 2.91. The van der Waals surface area contributed by atoms with Gasteiger partial charge in [-0.05, 0) is 31.0 Å². The molecule has 8 heteroatoms. The number of thiazole rings is 1. The molecule has 0 aliphatic carbocycles. The van der Waals surface area contributed by atoms with Gasteiger partial charge in [-0.3, -0.25) is 14.5 Å². The first-order chi connectivity index (χ1) is 13.9. The normalized spacial score (nSPS) is 16.0. The summed E-state index contributed by atoms with van der Waals surface area (Å²) in [6.07, 6.45) is 0.0881. The van der Waals surface area contributed by atoms with Gasteiger partial charge in [0.2, 0.25) is 0 Å². The number of rotatable bonds is 8. The summed E-state index contributed by atoms with van der Waals surface area (Å²) in [5.41, 5.74) is 2.23. The van der Waals surface area contributed by atoms with Crippen LogP contribution in [0.3, 0.4) is 0 Å². The lowest BCUT2D eigenvalue weighted by molar-refractivity contribution is -0.144. The van der Waals surface area contributed by atoms with E-state index in [4.69, 9.17) is 14.2 Å². The first-order valence-corrected chi connectivity index (χ1v) is 10.5. The maximum Gasteiger partial charge on any atom is 0.326 e. The maximum atomic E-state index is 12.7. The summed E-state index contributed by atoms with van der Waals surface area (Å²) in [6, 6.07) is 5.56. The molecular weight excluding hydrogens is 392 g/mol. The number of aromatic nitrogens is 1. The number of ether oxygens (including phenoxy) is 3. The molecule has 0 saturated carbocycles. The van der Waals surface area contributed by atoms with Crippen LogP contribution in [-0.2, 0) is 25.5 Å². The number of carbonyl (C=O) groups is 2. The van der Waals surface area contributed by atoms with Crippen LogP contribution in [0.25, 0.3) is 11.3 Å². The quantitative estimate of drug-likeness (QED) is 0.612. The summed E-state index contributed by atoms with van der Waals surface area (Å²) in [5.74, 6) is 0.0877. The Morgan fingerprint density at radius 2 is 2.17 bits per heavy atom. The number of fused-ring (bicyclic) bond motifs is 1. The molecule has 1 aromatic carbocycles. The minimum Gasteiger partial charge on any atom is -0.479 e. The Kier molecular flexibility index (Phi) is 6.87. The standard InChI is InChI=1S/C21H26N2O5S/c1-13(2)11-27-20(24)10-23-17-9-15(5-6-18(17)28-14(3)21(23)25)16-12-29-19(22-16)7-8-26-4/h5-6,9,12-14H,7-8,10-11H2,1-4H3. The van der Waals surface area contributed by atoms with Crippen LogP contribution in [0.1, 0.15) is 25.8 Å². The molecule has 29 heavy (non-hydrogen) atoms. The molecule has 0 fully saturated rings. The number of hydrogen-bond donors (Lipinski definition) is 0. The number of amides is 1. The monoisotopic (exact) mass is 418 g/mol. The van der Waals surface area contributed by atoms with Crippen molar-refractivity contribution in [3.63, 3.8) is 0 Å². The van der Waals surface area contributed by atoms with Gasteiger partial charge in [0.15, 0.2) is 6.10 Å². The van der Waals surface area contributed by atoms with E-state index in [2.05, 4.69) is 4.98 Å². The van der Waals surface area contributed by atoms with Crippen molar-refractivity contribution in [2.24, 2.45) is 5.92 Å². The molecule has 1 amide bonds. The number of carbonyl (C=O) groups excluding carboxylic acids is 2. The Morgan fingerprint density at radius 3 is 2.90 bits per heavy atom. The van der Waals surface area contributed by atoms with Crippen molar-refractivity contribution >= 4 is 28.9 Å². The summed E-state index contributed by atoms with van der Waals surface area (Å²) < 4.78 is 16.1. The van der Waals surface area contributed by atoms with E-state index in [1.54, 1.807) is 25.4 Å². The molecule has 1 unspecified atom stereocenters. The van der Waals surface area contributed by atoms with E-state index >= 15 is 0 Å². The molecule has 2 aromatic rings. The average Bonchev–Trinajstić information content (AvgIpc) is 3.17. The van der Waals surface area contributed by atoms with Crippen LogP contribution in [0.4, 0.5) is 5.69 Å². The van der Waals surface area contributed by atoms with Crippen LogP contribution in [0, 0.1) is 5.92 Å². The molecule has 0 N–H and O–H groups in total. The van der Waals surface area contributed by atoms with Gasteiger partial charge in [-0.25, -0.2) is 4.98 Å². The molecule has 3 rings (SSSR count). The van der Waals surface area contributed by atoms with Crippen molar-refractivity contribution < 1.29 is 23.8 Å². The van der Waals surface area contributed by atoms with Crippen LogP contribution >= 0.6 is 11.3 Å². The van der Waals surface area contributed by atoms with Gasteiger partial charge in [-0.15, -0.1) is 11.3 Å². The second-order valence-electron chi connectivity index (χ2n) is 7.31. The van der Waals surface area contributed by atoms with Gasteiger partial charge in [-0.2, -0.15) is 0 Å². The van der Waals surface area contributed by atoms with Gasteiger partial charge in [0.05, 0.1) is 29.6 Å². The third-order valence-electron chi connectivity index (χ3n) is 4.40. The Balaban J connectivity index is 1.85. The molecule has 156 valence electrons. The number of anilines is 1. The highest BCUT2D eigenvalue weighted by molar-refractivity contribution is 7.09. The van der Waals surface area contributed by atoms with E-state index in [9.17, 15) is 9.59 Å². The van der Waals surface area contributed by atoms with Crippen molar-refractivity contribution in [3.8, 4) is 17.0 Å². The number of nitrogens with zero attached hydrogens (tertiary/aromatic N) is 2. The summed E-state index contributed by atoms with van der Waals surface area (Å²) in [5, 5.41) is 2.96. The number of benzene rings is 1. The molecule has 0 saturated heterocycles. The van der Waals surface area contributed by atoms with Gasteiger partial charge >= 0.3 is 5.97 Å². The third-order valence-corrected chi connectivity index (χ3v) is 5.31. The van der Waals surface area contributed by atoms with E-state index in [0.717, 1.165) is 22.7 Å². The van der Waals surface area contributed by atoms with Crippen LogP contribution in [-0.4, -0.2) is 49.8 Å². The average molecular weight is 419 g/mol. The first-order valence-electron chi connectivity index (χ1n) is 9.60. The summed E-state index contributed by atoms with van der Waals surface area (Å²) in [7, 11) is 1.66. The minimum absolute atomic E-state index is 0.147. The highest BCUT2D eigenvalue weighted by Crippen LogP contribution is 2.37. The zero-order valence-electron chi connectivity index (χ0n) is 17.1. The maximum absolute atomic E-state index is 12.7. The second kappa shape index (κ2) is 9.37. The largest absolute Gasteiger partial charge is 0.479 e. The number of methoxy groups -OCH3 is 1. The van der Waals surface area contributed by atoms with Crippen LogP contribution in [0.15, 0.2) is 23.6 Å². The van der Waals surface area contributed by atoms with E-state index < -0.39 is 12.1 Å². The molecular formula is C21H26N2O5S. The van der Waals surface area contributed by atoms with Crippen molar-refractivity contribution in [2.75, 3.05) is 31.8 Å². The zero-order valence-corrected chi connectivity index (χ0v) is 18.0.